The molecule has 0 aliphatic carbocycles. The summed E-state index contributed by atoms with van der Waals surface area (Å²) >= 11 is 0. The van der Waals surface area contributed by atoms with Crippen molar-refractivity contribution in [2.75, 3.05) is 40.9 Å². The second-order valence-corrected chi connectivity index (χ2v) is 21.9. The third kappa shape index (κ3) is 51.8. The van der Waals surface area contributed by atoms with Crippen LogP contribution in [0.4, 0.5) is 0 Å². The van der Waals surface area contributed by atoms with E-state index in [0.717, 1.165) is 89.9 Å². The fourth-order valence-corrected chi connectivity index (χ4v) is 8.52. The highest BCUT2D eigenvalue weighted by Gasteiger charge is 2.30. The number of hydrogen-bond donors (Lipinski definition) is 2. The molecule has 414 valence electrons. The van der Waals surface area contributed by atoms with Crippen molar-refractivity contribution in [1.82, 2.24) is 5.32 Å². The smallest absolute Gasteiger partial charge is 0.456 e. The summed E-state index contributed by atoms with van der Waals surface area (Å²) in [6.45, 7) is 6.82. The zero-order valence-electron chi connectivity index (χ0n) is 47.1. The van der Waals surface area contributed by atoms with Gasteiger partial charge in [-0.2, -0.15) is 0 Å². The molecule has 1 amide bonds. The first kappa shape index (κ1) is 68.9. The van der Waals surface area contributed by atoms with Crippen molar-refractivity contribution < 1.29 is 37.3 Å². The molecule has 0 aliphatic rings. The van der Waals surface area contributed by atoms with Crippen LogP contribution in [-0.4, -0.2) is 74.3 Å². The maximum atomic E-state index is 13.5. The van der Waals surface area contributed by atoms with Gasteiger partial charge in [0, 0.05) is 12.8 Å². The monoisotopic (exact) mass is 1030 g/mol. The zero-order chi connectivity index (χ0) is 52.9. The normalized spacial score (nSPS) is 14.5. The summed E-state index contributed by atoms with van der Waals surface area (Å²) in [6.07, 6.45) is 68.4. The minimum absolute atomic E-state index is 0.0241. The van der Waals surface area contributed by atoms with Gasteiger partial charge in [0.25, 0.3) is 0 Å². The molecule has 3 unspecified atom stereocenters. The third-order valence-corrected chi connectivity index (χ3v) is 13.3. The molecule has 0 saturated carbocycles. The Labute approximate surface area is 443 Å². The Morgan fingerprint density at radius 1 is 0.500 bits per heavy atom. The van der Waals surface area contributed by atoms with Crippen molar-refractivity contribution in [3.63, 3.8) is 0 Å². The highest BCUT2D eigenvalue weighted by Crippen LogP contribution is 2.43. The van der Waals surface area contributed by atoms with Gasteiger partial charge >= 0.3 is 13.8 Å². The van der Waals surface area contributed by atoms with E-state index in [9.17, 15) is 19.0 Å². The Hall–Kier alpha value is -3.07. The van der Waals surface area contributed by atoms with E-state index in [1.54, 1.807) is 0 Å². The average molecular weight is 1030 g/mol. The third-order valence-electron chi connectivity index (χ3n) is 12.3. The van der Waals surface area contributed by atoms with Crippen LogP contribution in [-0.2, 0) is 27.9 Å². The number of likely N-dealkylation sites (N-methyl/N-ethyl adjacent to an activating group) is 1. The molecular weight excluding hydrogens is 916 g/mol. The standard InChI is InChI=1S/C62H109N2O7P/c1-7-10-13-16-19-22-25-28-30-31-32-33-35-37-40-43-46-49-52-55-62(66)71-60(53-50-47-44-41-38-27-24-21-18-15-12-9-3)59(58-70-72(67,68)69-57-56-64(4,5)6)63-61(65)54-51-48-45-42-39-36-34-29-26-23-20-17-14-11-8-2/h10,13,19,22-23,26,28,30,32-33,37,40,46,49-50,53,59-60H,7-9,11-12,14-18,20-21,24-25,27,29,31,34-36,38-39,41-45,47-48,51-52,54-58H2,1-6H3,(H-,63,65,67,68)/p+1/b13-10-,22-19-,26-23-,30-28-,33-32-,40-37-,49-46-,53-50+. The topological polar surface area (TPSA) is 111 Å². The fraction of sp³-hybridized carbons (Fsp3) is 0.710. The van der Waals surface area contributed by atoms with Gasteiger partial charge < -0.3 is 19.4 Å². The molecule has 0 bridgehead atoms. The quantitative estimate of drug-likeness (QED) is 0.0205. The molecule has 0 aromatic carbocycles. The van der Waals surface area contributed by atoms with Crippen molar-refractivity contribution in [2.45, 2.75) is 245 Å². The Bertz CT molecular complexity index is 1560. The predicted molar refractivity (Wildman–Crippen MR) is 309 cm³/mol. The Balaban J connectivity index is 5.47. The molecule has 72 heavy (non-hydrogen) atoms. The van der Waals surface area contributed by atoms with Gasteiger partial charge in [0.15, 0.2) is 0 Å². The number of rotatable bonds is 51. The first-order valence-electron chi connectivity index (χ1n) is 29.1. The number of ether oxygens (including phenoxy) is 1. The van der Waals surface area contributed by atoms with Crippen LogP contribution >= 0.6 is 7.82 Å². The fourth-order valence-electron chi connectivity index (χ4n) is 7.78. The zero-order valence-corrected chi connectivity index (χ0v) is 48.0. The van der Waals surface area contributed by atoms with Crippen LogP contribution in [0.15, 0.2) is 97.2 Å². The number of hydrogen-bond acceptors (Lipinski definition) is 6. The number of carbonyl (C=O) groups excluding carboxylic acids is 2. The summed E-state index contributed by atoms with van der Waals surface area (Å²) < 4.78 is 30.5. The van der Waals surface area contributed by atoms with Gasteiger partial charge in [0.2, 0.25) is 5.91 Å². The van der Waals surface area contributed by atoms with Crippen molar-refractivity contribution in [3.05, 3.63) is 97.2 Å². The van der Waals surface area contributed by atoms with E-state index in [1.807, 2.05) is 39.4 Å². The minimum Gasteiger partial charge on any atom is -0.456 e. The second kappa shape index (κ2) is 51.4. The van der Waals surface area contributed by atoms with E-state index < -0.39 is 25.9 Å². The number of nitrogens with one attached hydrogen (secondary N) is 1. The lowest BCUT2D eigenvalue weighted by Crippen LogP contribution is -2.47. The lowest BCUT2D eigenvalue weighted by molar-refractivity contribution is -0.870. The van der Waals surface area contributed by atoms with Gasteiger partial charge in [-0.1, -0.05) is 221 Å². The molecule has 0 radical (unpaired) electrons. The second-order valence-electron chi connectivity index (χ2n) is 20.4. The van der Waals surface area contributed by atoms with Crippen molar-refractivity contribution in [1.29, 1.82) is 0 Å². The Morgan fingerprint density at radius 2 is 0.903 bits per heavy atom. The number of phosphoric ester groups is 1. The van der Waals surface area contributed by atoms with E-state index in [0.29, 0.717) is 23.9 Å². The van der Waals surface area contributed by atoms with Gasteiger partial charge in [0.05, 0.1) is 33.8 Å². The number of nitrogens with zero attached hydrogens (tertiary/aromatic N) is 1. The molecule has 9 nitrogen and oxygen atoms in total. The molecule has 0 aromatic rings. The highest BCUT2D eigenvalue weighted by molar-refractivity contribution is 7.47. The first-order chi connectivity index (χ1) is 34.9. The number of carbonyl (C=O) groups is 2. The molecule has 0 spiro atoms. The summed E-state index contributed by atoms with van der Waals surface area (Å²) in [5.41, 5.74) is 0. The molecule has 10 heteroatoms. The number of esters is 1. The molecular formula is C62H110N2O7P+. The van der Waals surface area contributed by atoms with E-state index in [2.05, 4.69) is 105 Å². The Kier molecular flexibility index (Phi) is 49.2. The maximum Gasteiger partial charge on any atom is 0.472 e. The van der Waals surface area contributed by atoms with E-state index in [4.69, 9.17) is 13.8 Å². The number of allylic oxidation sites excluding steroid dienone is 15. The van der Waals surface area contributed by atoms with E-state index in [-0.39, 0.29) is 25.5 Å². The van der Waals surface area contributed by atoms with E-state index in [1.165, 1.54) is 103 Å². The summed E-state index contributed by atoms with van der Waals surface area (Å²) in [6, 6.07) is -0.885. The molecule has 3 atom stereocenters. The van der Waals surface area contributed by atoms with Crippen LogP contribution in [0, 0.1) is 0 Å². The molecule has 0 saturated heterocycles. The summed E-state index contributed by atoms with van der Waals surface area (Å²) in [5.74, 6) is -0.613. The lowest BCUT2D eigenvalue weighted by atomic mass is 10.0. The van der Waals surface area contributed by atoms with Gasteiger partial charge in [-0.15, -0.1) is 0 Å². The van der Waals surface area contributed by atoms with Gasteiger partial charge in [-0.05, 0) is 96.0 Å². The van der Waals surface area contributed by atoms with E-state index >= 15 is 0 Å². The first-order valence-corrected chi connectivity index (χ1v) is 30.6. The molecule has 0 aliphatic heterocycles. The summed E-state index contributed by atoms with van der Waals surface area (Å²) in [7, 11) is 1.44. The molecule has 0 heterocycles. The lowest BCUT2D eigenvalue weighted by Gasteiger charge is -2.27. The number of quaternary nitrogens is 1. The largest absolute Gasteiger partial charge is 0.472 e. The van der Waals surface area contributed by atoms with Crippen LogP contribution in [0.2, 0.25) is 0 Å². The molecule has 0 fully saturated rings. The molecule has 0 rings (SSSR count). The van der Waals surface area contributed by atoms with Gasteiger partial charge in [-0.25, -0.2) is 4.57 Å². The predicted octanol–water partition coefficient (Wildman–Crippen LogP) is 17.6. The van der Waals surface area contributed by atoms with Crippen molar-refractivity contribution in [3.8, 4) is 0 Å². The van der Waals surface area contributed by atoms with Gasteiger partial charge in [0.1, 0.15) is 19.3 Å². The van der Waals surface area contributed by atoms with Crippen LogP contribution in [0.3, 0.4) is 0 Å². The van der Waals surface area contributed by atoms with Gasteiger partial charge in [-0.3, -0.25) is 18.6 Å². The summed E-state index contributed by atoms with van der Waals surface area (Å²) in [5, 5.41) is 3.02. The number of amides is 1. The molecule has 0 aromatic heterocycles. The van der Waals surface area contributed by atoms with Crippen LogP contribution in [0.5, 0.6) is 0 Å². The van der Waals surface area contributed by atoms with Crippen LogP contribution in [0.1, 0.15) is 233 Å². The van der Waals surface area contributed by atoms with Crippen molar-refractivity contribution in [2.24, 2.45) is 0 Å². The maximum absolute atomic E-state index is 13.5. The highest BCUT2D eigenvalue weighted by atomic mass is 31.2. The Morgan fingerprint density at radius 3 is 1.38 bits per heavy atom. The summed E-state index contributed by atoms with van der Waals surface area (Å²) in [4.78, 5) is 37.6. The minimum atomic E-state index is -4.47. The van der Waals surface area contributed by atoms with Crippen LogP contribution in [0.25, 0.3) is 0 Å². The van der Waals surface area contributed by atoms with Crippen molar-refractivity contribution >= 4 is 19.7 Å². The number of phosphoric acid groups is 1. The number of unbranched alkanes of at least 4 members (excludes halogenated alkanes) is 21. The van der Waals surface area contributed by atoms with Crippen LogP contribution < -0.4 is 5.32 Å². The average Bonchev–Trinajstić information content (AvgIpc) is 3.34. The SMILES string of the molecule is CC/C=C\C/C=C\C/C=C\C/C=C\C/C=C\C/C=C\CCC(=O)OC(/C=C/CCCCCCCCCCCC)C(COP(=O)(O)OCC[N+](C)(C)C)NC(=O)CCCCCCCCC/C=C\CCCCCC. The molecule has 2 N–H and O–H groups in total.